The van der Waals surface area contributed by atoms with Gasteiger partial charge in [0.25, 0.3) is 0 Å². The predicted molar refractivity (Wildman–Crippen MR) is 130 cm³/mol. The smallest absolute Gasteiger partial charge is 0.245 e. The lowest BCUT2D eigenvalue weighted by Gasteiger charge is -2.38. The van der Waals surface area contributed by atoms with Gasteiger partial charge in [0.2, 0.25) is 11.8 Å². The van der Waals surface area contributed by atoms with Gasteiger partial charge in [-0.1, -0.05) is 72.8 Å². The summed E-state index contributed by atoms with van der Waals surface area (Å²) >= 11 is 0. The first-order valence-corrected chi connectivity index (χ1v) is 11.6. The molecule has 2 aliphatic heterocycles. The maximum Gasteiger partial charge on any atom is 0.245 e. The van der Waals surface area contributed by atoms with E-state index in [1.807, 2.05) is 60.7 Å². The third kappa shape index (κ3) is 3.93. The van der Waals surface area contributed by atoms with Crippen molar-refractivity contribution in [3.63, 3.8) is 0 Å². The van der Waals surface area contributed by atoms with Crippen LogP contribution in [0.4, 0.5) is 5.69 Å². The fourth-order valence-corrected chi connectivity index (χ4v) is 5.12. The minimum Gasteiger partial charge on any atom is -0.369 e. The van der Waals surface area contributed by atoms with E-state index in [-0.39, 0.29) is 18.2 Å². The molecule has 168 valence electrons. The molecule has 0 aromatic heterocycles. The van der Waals surface area contributed by atoms with Crippen molar-refractivity contribution in [1.29, 1.82) is 0 Å². The van der Waals surface area contributed by atoms with E-state index in [4.69, 9.17) is 0 Å². The molecule has 2 fully saturated rings. The number of carbonyl (C=O) groups excluding carboxylic acids is 2. The zero-order valence-corrected chi connectivity index (χ0v) is 19.0. The van der Waals surface area contributed by atoms with Crippen LogP contribution < -0.4 is 4.90 Å². The fourth-order valence-electron chi connectivity index (χ4n) is 5.12. The van der Waals surface area contributed by atoms with Gasteiger partial charge in [0.1, 0.15) is 5.41 Å². The Balaban J connectivity index is 1.35. The molecule has 5 rings (SSSR count). The van der Waals surface area contributed by atoms with Crippen molar-refractivity contribution in [1.82, 2.24) is 9.80 Å². The molecule has 33 heavy (non-hydrogen) atoms. The van der Waals surface area contributed by atoms with E-state index in [2.05, 4.69) is 41.0 Å². The van der Waals surface area contributed by atoms with E-state index < -0.39 is 5.41 Å². The van der Waals surface area contributed by atoms with E-state index in [0.717, 1.165) is 37.3 Å². The molecule has 2 heterocycles. The molecule has 5 nitrogen and oxygen atoms in total. The molecule has 0 N–H and O–H groups in total. The highest BCUT2D eigenvalue weighted by Crippen LogP contribution is 2.42. The highest BCUT2D eigenvalue weighted by molar-refractivity contribution is 6.11. The zero-order valence-electron chi connectivity index (χ0n) is 19.0. The van der Waals surface area contributed by atoms with Gasteiger partial charge in [0, 0.05) is 38.3 Å². The number of anilines is 1. The molecular weight excluding hydrogens is 410 g/mol. The van der Waals surface area contributed by atoms with Crippen LogP contribution in [-0.2, 0) is 15.0 Å². The fraction of sp³-hybridized carbons (Fsp3) is 0.286. The van der Waals surface area contributed by atoms with Crippen LogP contribution in [-0.4, -0.2) is 54.5 Å². The number of amides is 2. The van der Waals surface area contributed by atoms with Crippen LogP contribution in [0.1, 0.15) is 23.1 Å². The quantitative estimate of drug-likeness (QED) is 0.567. The topological polar surface area (TPSA) is 43.9 Å². The summed E-state index contributed by atoms with van der Waals surface area (Å²) in [6.07, 6.45) is 0.170. The first-order valence-electron chi connectivity index (χ1n) is 11.6. The van der Waals surface area contributed by atoms with Gasteiger partial charge in [-0.15, -0.1) is 0 Å². The van der Waals surface area contributed by atoms with E-state index >= 15 is 0 Å². The van der Waals surface area contributed by atoms with Crippen LogP contribution in [0.25, 0.3) is 0 Å². The van der Waals surface area contributed by atoms with Crippen LogP contribution in [0.3, 0.4) is 0 Å². The minimum absolute atomic E-state index is 0.103. The first-order chi connectivity index (χ1) is 16.1. The Morgan fingerprint density at radius 1 is 0.758 bits per heavy atom. The predicted octanol–water partition coefficient (Wildman–Crippen LogP) is 3.82. The molecule has 0 spiro atoms. The second kappa shape index (κ2) is 8.83. The molecular formula is C28H29N3O2. The summed E-state index contributed by atoms with van der Waals surface area (Å²) in [6, 6.07) is 28.0. The Hall–Kier alpha value is -3.44. The Morgan fingerprint density at radius 2 is 1.36 bits per heavy atom. The molecule has 2 amide bonds. The SMILES string of the molecule is Cc1cccc(N2CCN(CN3C(=O)CC(c4ccccc4)(c4ccccc4)C3=O)CC2)c1. The van der Waals surface area contributed by atoms with Gasteiger partial charge in [-0.3, -0.25) is 19.4 Å². The third-order valence-corrected chi connectivity index (χ3v) is 6.94. The van der Waals surface area contributed by atoms with Crippen molar-refractivity contribution in [2.75, 3.05) is 37.7 Å². The molecule has 0 saturated carbocycles. The molecule has 0 aliphatic carbocycles. The molecule has 0 bridgehead atoms. The summed E-state index contributed by atoms with van der Waals surface area (Å²) in [4.78, 5) is 33.2. The largest absolute Gasteiger partial charge is 0.369 e. The second-order valence-corrected chi connectivity index (χ2v) is 9.03. The van der Waals surface area contributed by atoms with Gasteiger partial charge in [0.15, 0.2) is 0 Å². The number of imide groups is 1. The van der Waals surface area contributed by atoms with Crippen molar-refractivity contribution >= 4 is 17.5 Å². The van der Waals surface area contributed by atoms with E-state index in [1.54, 1.807) is 0 Å². The Morgan fingerprint density at radius 3 is 1.94 bits per heavy atom. The maximum atomic E-state index is 13.9. The summed E-state index contributed by atoms with van der Waals surface area (Å²) in [6.45, 7) is 5.84. The number of piperazine rings is 1. The summed E-state index contributed by atoms with van der Waals surface area (Å²) in [5.41, 5.74) is 3.28. The molecule has 3 aromatic carbocycles. The zero-order chi connectivity index (χ0) is 22.8. The lowest BCUT2D eigenvalue weighted by molar-refractivity contribution is -0.142. The standard InChI is InChI=1S/C28H29N3O2/c1-22-9-8-14-25(19-22)30-17-15-29(16-18-30)21-31-26(32)20-28(27(31)33,23-10-4-2-5-11-23)24-12-6-3-7-13-24/h2-14,19H,15-18,20-21H2,1H3. The van der Waals surface area contributed by atoms with Crippen molar-refractivity contribution < 1.29 is 9.59 Å². The van der Waals surface area contributed by atoms with Crippen LogP contribution >= 0.6 is 0 Å². The van der Waals surface area contributed by atoms with Crippen molar-refractivity contribution in [3.8, 4) is 0 Å². The van der Waals surface area contributed by atoms with Crippen molar-refractivity contribution in [2.24, 2.45) is 0 Å². The summed E-state index contributed by atoms with van der Waals surface area (Å²) in [5, 5.41) is 0. The molecule has 2 saturated heterocycles. The Labute approximate surface area is 195 Å². The summed E-state index contributed by atoms with van der Waals surface area (Å²) in [7, 11) is 0. The highest BCUT2D eigenvalue weighted by Gasteiger charge is 2.54. The van der Waals surface area contributed by atoms with E-state index in [1.165, 1.54) is 16.2 Å². The number of carbonyl (C=O) groups is 2. The molecule has 3 aromatic rings. The minimum atomic E-state index is -0.955. The molecule has 0 radical (unpaired) electrons. The highest BCUT2D eigenvalue weighted by atomic mass is 16.2. The summed E-state index contributed by atoms with van der Waals surface area (Å²) < 4.78 is 0. The van der Waals surface area contributed by atoms with Crippen LogP contribution in [0.5, 0.6) is 0 Å². The number of rotatable bonds is 5. The lowest BCUT2D eigenvalue weighted by Crippen LogP contribution is -2.52. The normalized spacial score (nSPS) is 18.7. The Bertz CT molecular complexity index is 1100. The van der Waals surface area contributed by atoms with Crippen LogP contribution in [0.15, 0.2) is 84.9 Å². The summed E-state index contributed by atoms with van der Waals surface area (Å²) in [5.74, 6) is -0.222. The second-order valence-electron chi connectivity index (χ2n) is 9.03. The van der Waals surface area contributed by atoms with Crippen molar-refractivity contribution in [3.05, 3.63) is 102 Å². The molecule has 2 aliphatic rings. The number of nitrogens with zero attached hydrogens (tertiary/aromatic N) is 3. The maximum absolute atomic E-state index is 13.9. The van der Waals surface area contributed by atoms with Gasteiger partial charge < -0.3 is 4.90 Å². The van der Waals surface area contributed by atoms with E-state index in [0.29, 0.717) is 6.67 Å². The van der Waals surface area contributed by atoms with Crippen LogP contribution in [0, 0.1) is 6.92 Å². The van der Waals surface area contributed by atoms with Crippen molar-refractivity contribution in [2.45, 2.75) is 18.8 Å². The average Bonchev–Trinajstić information content (AvgIpc) is 3.11. The van der Waals surface area contributed by atoms with Gasteiger partial charge >= 0.3 is 0 Å². The molecule has 0 atom stereocenters. The van der Waals surface area contributed by atoms with Gasteiger partial charge in [-0.25, -0.2) is 0 Å². The number of likely N-dealkylation sites (tertiary alicyclic amines) is 1. The first kappa shape index (κ1) is 21.4. The van der Waals surface area contributed by atoms with Gasteiger partial charge in [-0.2, -0.15) is 0 Å². The third-order valence-electron chi connectivity index (χ3n) is 6.94. The Kier molecular flexibility index (Phi) is 5.73. The van der Waals surface area contributed by atoms with Gasteiger partial charge in [-0.05, 0) is 35.7 Å². The number of benzene rings is 3. The molecule has 0 unspecified atom stereocenters. The van der Waals surface area contributed by atoms with E-state index in [9.17, 15) is 9.59 Å². The average molecular weight is 440 g/mol. The lowest BCUT2D eigenvalue weighted by atomic mass is 9.73. The number of hydrogen-bond acceptors (Lipinski definition) is 4. The van der Waals surface area contributed by atoms with Crippen LogP contribution in [0.2, 0.25) is 0 Å². The number of hydrogen-bond donors (Lipinski definition) is 0. The number of aryl methyl sites for hydroxylation is 1. The molecule has 5 heteroatoms. The monoisotopic (exact) mass is 439 g/mol. The van der Waals surface area contributed by atoms with Gasteiger partial charge in [0.05, 0.1) is 6.67 Å².